The van der Waals surface area contributed by atoms with Crippen LogP contribution in [0.15, 0.2) is 48.8 Å². The summed E-state index contributed by atoms with van der Waals surface area (Å²) in [5.74, 6) is 0.386. The standard InChI is InChI=1S/C16H12Cl3N5S/c17-11-3-5-13(6-4-11)21-16(25)22-15-20-9-24(23-15)8-10-1-2-12(18)7-14(10)19/h1-7,9H,8H2,(H2,21,22,23,25). The lowest BCUT2D eigenvalue weighted by Crippen LogP contribution is -2.20. The van der Waals surface area contributed by atoms with Crippen molar-refractivity contribution in [1.82, 2.24) is 14.8 Å². The van der Waals surface area contributed by atoms with Gasteiger partial charge in [-0.1, -0.05) is 40.9 Å². The summed E-state index contributed by atoms with van der Waals surface area (Å²) in [5.41, 5.74) is 1.71. The number of hydrogen-bond acceptors (Lipinski definition) is 3. The minimum absolute atomic E-state index is 0.379. The fourth-order valence-corrected chi connectivity index (χ4v) is 2.85. The van der Waals surface area contributed by atoms with Crippen molar-refractivity contribution in [1.29, 1.82) is 0 Å². The van der Waals surface area contributed by atoms with E-state index in [4.69, 9.17) is 47.0 Å². The van der Waals surface area contributed by atoms with Crippen LogP contribution in [0.5, 0.6) is 0 Å². The largest absolute Gasteiger partial charge is 0.332 e. The minimum atomic E-state index is 0.379. The number of nitrogens with one attached hydrogen (secondary N) is 2. The van der Waals surface area contributed by atoms with Gasteiger partial charge in [-0.2, -0.15) is 0 Å². The van der Waals surface area contributed by atoms with Crippen LogP contribution < -0.4 is 10.6 Å². The van der Waals surface area contributed by atoms with Crippen molar-refractivity contribution in [3.05, 3.63) is 69.4 Å². The smallest absolute Gasteiger partial charge is 0.248 e. The van der Waals surface area contributed by atoms with Gasteiger partial charge in [0.2, 0.25) is 5.95 Å². The van der Waals surface area contributed by atoms with Crippen LogP contribution in [0.4, 0.5) is 11.6 Å². The SMILES string of the molecule is S=C(Nc1ccc(Cl)cc1)Nc1ncn(Cc2ccc(Cl)cc2Cl)n1. The van der Waals surface area contributed by atoms with E-state index in [2.05, 4.69) is 20.7 Å². The van der Waals surface area contributed by atoms with Gasteiger partial charge in [-0.3, -0.25) is 5.32 Å². The highest BCUT2D eigenvalue weighted by Crippen LogP contribution is 2.21. The Hall–Kier alpha value is -1.86. The number of hydrogen-bond donors (Lipinski definition) is 2. The van der Waals surface area contributed by atoms with Gasteiger partial charge in [-0.15, -0.1) is 5.10 Å². The van der Waals surface area contributed by atoms with Gasteiger partial charge in [0.1, 0.15) is 6.33 Å². The first kappa shape index (κ1) is 17.9. The lowest BCUT2D eigenvalue weighted by atomic mass is 10.2. The maximum atomic E-state index is 6.17. The molecule has 0 spiro atoms. The van der Waals surface area contributed by atoms with Gasteiger partial charge >= 0.3 is 0 Å². The molecule has 128 valence electrons. The van der Waals surface area contributed by atoms with E-state index in [-0.39, 0.29) is 0 Å². The summed E-state index contributed by atoms with van der Waals surface area (Å²) in [6.07, 6.45) is 1.60. The molecule has 5 nitrogen and oxygen atoms in total. The van der Waals surface area contributed by atoms with E-state index < -0.39 is 0 Å². The third kappa shape index (κ3) is 5.06. The molecule has 0 bridgehead atoms. The summed E-state index contributed by atoms with van der Waals surface area (Å²) in [7, 11) is 0. The second-order valence-electron chi connectivity index (χ2n) is 5.09. The molecule has 0 aliphatic rings. The molecule has 9 heteroatoms. The van der Waals surface area contributed by atoms with Crippen LogP contribution >= 0.6 is 47.0 Å². The Morgan fingerprint density at radius 2 is 1.72 bits per heavy atom. The molecule has 1 aromatic heterocycles. The van der Waals surface area contributed by atoms with E-state index in [9.17, 15) is 0 Å². The molecule has 2 N–H and O–H groups in total. The van der Waals surface area contributed by atoms with Crippen molar-refractivity contribution >= 4 is 63.8 Å². The van der Waals surface area contributed by atoms with Crippen molar-refractivity contribution < 1.29 is 0 Å². The van der Waals surface area contributed by atoms with Crippen LogP contribution in [-0.2, 0) is 6.54 Å². The van der Waals surface area contributed by atoms with Gasteiger partial charge in [0, 0.05) is 20.8 Å². The zero-order chi connectivity index (χ0) is 17.8. The van der Waals surface area contributed by atoms with Crippen LogP contribution in [0.25, 0.3) is 0 Å². The normalized spacial score (nSPS) is 10.5. The van der Waals surface area contributed by atoms with Crippen molar-refractivity contribution in [3.8, 4) is 0 Å². The van der Waals surface area contributed by atoms with Crippen molar-refractivity contribution in [2.45, 2.75) is 6.54 Å². The molecule has 0 amide bonds. The average molecular weight is 413 g/mol. The van der Waals surface area contributed by atoms with Crippen molar-refractivity contribution in [2.75, 3.05) is 10.6 Å². The number of thiocarbonyl (C=S) groups is 1. The monoisotopic (exact) mass is 411 g/mol. The summed E-state index contributed by atoms with van der Waals surface area (Å²) < 4.78 is 1.66. The van der Waals surface area contributed by atoms with E-state index in [1.807, 2.05) is 18.2 Å². The number of rotatable bonds is 4. The fraction of sp³-hybridized carbons (Fsp3) is 0.0625. The molecule has 2 aromatic carbocycles. The molecule has 3 aromatic rings. The highest BCUT2D eigenvalue weighted by molar-refractivity contribution is 7.80. The fourth-order valence-electron chi connectivity index (χ4n) is 2.05. The zero-order valence-electron chi connectivity index (χ0n) is 12.7. The number of nitrogens with zero attached hydrogens (tertiary/aromatic N) is 3. The molecular weight excluding hydrogens is 401 g/mol. The molecule has 0 unspecified atom stereocenters. The molecule has 0 radical (unpaired) electrons. The Bertz CT molecular complexity index is 895. The maximum absolute atomic E-state index is 6.17. The van der Waals surface area contributed by atoms with Crippen LogP contribution in [0, 0.1) is 0 Å². The molecule has 0 fully saturated rings. The molecule has 0 atom stereocenters. The second kappa shape index (κ2) is 8.01. The molecule has 0 saturated carbocycles. The molecule has 0 aliphatic heterocycles. The lowest BCUT2D eigenvalue weighted by Gasteiger charge is -2.08. The topological polar surface area (TPSA) is 54.8 Å². The van der Waals surface area contributed by atoms with E-state index in [1.165, 1.54) is 0 Å². The maximum Gasteiger partial charge on any atom is 0.248 e. The van der Waals surface area contributed by atoms with Gasteiger partial charge in [0.15, 0.2) is 5.11 Å². The van der Waals surface area contributed by atoms with E-state index in [0.29, 0.717) is 32.7 Å². The zero-order valence-corrected chi connectivity index (χ0v) is 15.8. The van der Waals surface area contributed by atoms with Crippen molar-refractivity contribution in [3.63, 3.8) is 0 Å². The predicted molar refractivity (Wildman–Crippen MR) is 107 cm³/mol. The number of halogens is 3. The molecule has 0 saturated heterocycles. The minimum Gasteiger partial charge on any atom is -0.332 e. The van der Waals surface area contributed by atoms with Crippen LogP contribution in [0.1, 0.15) is 5.56 Å². The van der Waals surface area contributed by atoms with E-state index >= 15 is 0 Å². The van der Waals surface area contributed by atoms with E-state index in [1.54, 1.807) is 35.3 Å². The number of benzene rings is 2. The van der Waals surface area contributed by atoms with Crippen LogP contribution in [0.3, 0.4) is 0 Å². The van der Waals surface area contributed by atoms with Gasteiger partial charge in [0.05, 0.1) is 6.54 Å². The third-order valence-electron chi connectivity index (χ3n) is 3.21. The van der Waals surface area contributed by atoms with Crippen molar-refractivity contribution in [2.24, 2.45) is 0 Å². The molecule has 0 aliphatic carbocycles. The van der Waals surface area contributed by atoms with E-state index in [0.717, 1.165) is 11.3 Å². The number of aromatic nitrogens is 3. The van der Waals surface area contributed by atoms with Gasteiger partial charge in [-0.05, 0) is 54.2 Å². The second-order valence-corrected chi connectivity index (χ2v) is 6.78. The lowest BCUT2D eigenvalue weighted by molar-refractivity contribution is 0.687. The first-order valence-corrected chi connectivity index (χ1v) is 8.71. The quantitative estimate of drug-likeness (QED) is 0.584. The van der Waals surface area contributed by atoms with Gasteiger partial charge in [-0.25, -0.2) is 9.67 Å². The molecule has 25 heavy (non-hydrogen) atoms. The molecule has 3 rings (SSSR count). The van der Waals surface area contributed by atoms with Crippen LogP contribution in [-0.4, -0.2) is 19.9 Å². The molecular formula is C16H12Cl3N5S. The van der Waals surface area contributed by atoms with Gasteiger partial charge < -0.3 is 5.32 Å². The number of anilines is 2. The molecule has 1 heterocycles. The summed E-state index contributed by atoms with van der Waals surface area (Å²) in [4.78, 5) is 4.18. The Morgan fingerprint density at radius 3 is 2.44 bits per heavy atom. The Balaban J connectivity index is 1.61. The first-order chi connectivity index (χ1) is 12.0. The first-order valence-electron chi connectivity index (χ1n) is 7.16. The highest BCUT2D eigenvalue weighted by Gasteiger charge is 2.07. The summed E-state index contributed by atoms with van der Waals surface area (Å²) >= 11 is 23.2. The summed E-state index contributed by atoms with van der Waals surface area (Å²) in [6, 6.07) is 12.5. The predicted octanol–water partition coefficient (Wildman–Crippen LogP) is 5.10. The highest BCUT2D eigenvalue weighted by atomic mass is 35.5. The Morgan fingerprint density at radius 1 is 1.00 bits per heavy atom. The summed E-state index contributed by atoms with van der Waals surface area (Å²) in [6.45, 7) is 0.474. The Kier molecular flexibility index (Phi) is 5.75. The van der Waals surface area contributed by atoms with Gasteiger partial charge in [0.25, 0.3) is 0 Å². The van der Waals surface area contributed by atoms with Crippen LogP contribution in [0.2, 0.25) is 15.1 Å². The summed E-state index contributed by atoms with van der Waals surface area (Å²) in [5, 5.41) is 12.5. The third-order valence-corrected chi connectivity index (χ3v) is 4.25. The average Bonchev–Trinajstić information content (AvgIpc) is 2.99. The Labute approximate surface area is 164 Å².